The van der Waals surface area contributed by atoms with Crippen LogP contribution in [0.3, 0.4) is 0 Å². The van der Waals surface area contributed by atoms with E-state index >= 15 is 0 Å². The number of aryl methyl sites for hydroxylation is 2. The van der Waals surface area contributed by atoms with Crippen molar-refractivity contribution < 1.29 is 4.79 Å². The maximum atomic E-state index is 12.7. The van der Waals surface area contributed by atoms with Gasteiger partial charge in [0, 0.05) is 26.2 Å². The maximum absolute atomic E-state index is 12.7. The second kappa shape index (κ2) is 6.89. The van der Waals surface area contributed by atoms with E-state index in [9.17, 15) is 4.79 Å². The number of hydrogen-bond acceptors (Lipinski definition) is 4. The van der Waals surface area contributed by atoms with Gasteiger partial charge in [0.2, 0.25) is 0 Å². The number of nitrogens with zero attached hydrogens (tertiary/aromatic N) is 3. The van der Waals surface area contributed by atoms with E-state index < -0.39 is 0 Å². The topological polar surface area (TPSA) is 36.4 Å². The molecule has 0 bridgehead atoms. The Hall–Kier alpha value is -2.11. The minimum absolute atomic E-state index is 0.00557. The summed E-state index contributed by atoms with van der Waals surface area (Å²) in [5.74, 6) is 0.00557. The lowest BCUT2D eigenvalue weighted by atomic mass is 10.1. The lowest BCUT2D eigenvalue weighted by Gasteiger charge is -2.34. The number of amides is 1. The maximum Gasteiger partial charge on any atom is 0.255 e. The average molecular weight is 386 g/mol. The lowest BCUT2D eigenvalue weighted by molar-refractivity contribution is 0.0747. The first kappa shape index (κ1) is 17.3. The van der Waals surface area contributed by atoms with Crippen LogP contribution in [0.4, 0.5) is 5.13 Å². The molecule has 1 aliphatic heterocycles. The van der Waals surface area contributed by atoms with Gasteiger partial charge in [0.25, 0.3) is 5.91 Å². The number of hydrogen-bond donors (Lipinski definition) is 0. The number of carbonyl (C=O) groups is 1. The largest absolute Gasteiger partial charge is 0.345 e. The van der Waals surface area contributed by atoms with Gasteiger partial charge in [-0.05, 0) is 43.2 Å². The Balaban J connectivity index is 1.49. The Labute approximate surface area is 162 Å². The van der Waals surface area contributed by atoms with Gasteiger partial charge in [-0.25, -0.2) is 4.98 Å². The molecule has 134 valence electrons. The van der Waals surface area contributed by atoms with E-state index in [1.807, 2.05) is 17.0 Å². The van der Waals surface area contributed by atoms with E-state index in [-0.39, 0.29) is 5.91 Å². The van der Waals surface area contributed by atoms with Crippen molar-refractivity contribution in [1.29, 1.82) is 0 Å². The number of fused-ring (bicyclic) bond motifs is 1. The summed E-state index contributed by atoms with van der Waals surface area (Å²) in [5.41, 5.74) is 4.19. The van der Waals surface area contributed by atoms with Crippen LogP contribution in [0.25, 0.3) is 10.2 Å². The molecule has 0 radical (unpaired) electrons. The Morgan fingerprint density at radius 1 is 1.08 bits per heavy atom. The van der Waals surface area contributed by atoms with Crippen molar-refractivity contribution >= 4 is 44.2 Å². The van der Waals surface area contributed by atoms with E-state index in [0.29, 0.717) is 23.7 Å². The Kier molecular flexibility index (Phi) is 4.59. The third kappa shape index (κ3) is 3.06. The van der Waals surface area contributed by atoms with Crippen LogP contribution in [0.15, 0.2) is 36.4 Å². The molecule has 6 heteroatoms. The fourth-order valence-corrected chi connectivity index (χ4v) is 4.55. The van der Waals surface area contributed by atoms with Crippen LogP contribution >= 0.6 is 22.9 Å². The molecule has 0 atom stereocenters. The molecule has 1 amide bonds. The molecule has 1 aliphatic rings. The van der Waals surface area contributed by atoms with Crippen molar-refractivity contribution in [1.82, 2.24) is 9.88 Å². The number of rotatable bonds is 2. The number of thiazole rings is 1. The summed E-state index contributed by atoms with van der Waals surface area (Å²) in [5, 5.41) is 1.55. The predicted octanol–water partition coefficient (Wildman–Crippen LogP) is 4.53. The van der Waals surface area contributed by atoms with Crippen LogP contribution in [0.1, 0.15) is 21.5 Å². The Morgan fingerprint density at radius 2 is 1.81 bits per heavy atom. The van der Waals surface area contributed by atoms with Crippen molar-refractivity contribution in [2.75, 3.05) is 31.1 Å². The zero-order chi connectivity index (χ0) is 18.3. The summed E-state index contributed by atoms with van der Waals surface area (Å²) in [6.07, 6.45) is 0. The Bertz CT molecular complexity index is 976. The highest BCUT2D eigenvalue weighted by atomic mass is 35.5. The highest BCUT2D eigenvalue weighted by Gasteiger charge is 2.25. The molecule has 0 saturated carbocycles. The van der Waals surface area contributed by atoms with Crippen molar-refractivity contribution in [2.24, 2.45) is 0 Å². The van der Waals surface area contributed by atoms with Gasteiger partial charge in [-0.1, -0.05) is 41.1 Å². The summed E-state index contributed by atoms with van der Waals surface area (Å²) in [6.45, 7) is 7.17. The van der Waals surface area contributed by atoms with E-state index in [1.165, 1.54) is 15.8 Å². The van der Waals surface area contributed by atoms with Gasteiger partial charge in [0.15, 0.2) is 5.13 Å². The van der Waals surface area contributed by atoms with Gasteiger partial charge in [0.1, 0.15) is 0 Å². The van der Waals surface area contributed by atoms with Gasteiger partial charge in [-0.3, -0.25) is 4.79 Å². The smallest absolute Gasteiger partial charge is 0.255 e. The molecule has 0 spiro atoms. The third-order valence-electron chi connectivity index (χ3n) is 5.02. The second-order valence-corrected chi connectivity index (χ2v) is 8.03. The predicted molar refractivity (Wildman–Crippen MR) is 109 cm³/mol. The summed E-state index contributed by atoms with van der Waals surface area (Å²) in [6, 6.07) is 11.5. The third-order valence-corrected chi connectivity index (χ3v) is 6.43. The zero-order valence-electron chi connectivity index (χ0n) is 14.8. The molecule has 0 N–H and O–H groups in total. The number of halogens is 1. The summed E-state index contributed by atoms with van der Waals surface area (Å²) < 4.78 is 1.22. The standard InChI is InChI=1S/C20H20ClN3OS/c1-13-7-8-17-18(14(13)2)22-20(26-17)24-11-9-23(10-12-24)19(25)15-5-3-4-6-16(15)21/h3-8H,9-12H2,1-2H3. The summed E-state index contributed by atoms with van der Waals surface area (Å²) >= 11 is 7.89. The minimum Gasteiger partial charge on any atom is -0.345 e. The molecule has 4 rings (SSSR count). The first-order valence-electron chi connectivity index (χ1n) is 8.70. The normalized spacial score (nSPS) is 14.9. The van der Waals surface area contributed by atoms with Crippen molar-refractivity contribution in [2.45, 2.75) is 13.8 Å². The molecule has 2 heterocycles. The zero-order valence-corrected chi connectivity index (χ0v) is 16.4. The monoisotopic (exact) mass is 385 g/mol. The van der Waals surface area contributed by atoms with Crippen LogP contribution in [-0.2, 0) is 0 Å². The molecular weight excluding hydrogens is 366 g/mol. The van der Waals surface area contributed by atoms with Gasteiger partial charge >= 0.3 is 0 Å². The van der Waals surface area contributed by atoms with Crippen LogP contribution in [-0.4, -0.2) is 42.0 Å². The summed E-state index contributed by atoms with van der Waals surface area (Å²) in [4.78, 5) is 21.7. The molecule has 3 aromatic rings. The molecule has 1 saturated heterocycles. The molecule has 2 aromatic carbocycles. The van der Waals surface area contributed by atoms with Crippen molar-refractivity contribution in [3.8, 4) is 0 Å². The molecule has 1 aromatic heterocycles. The van der Waals surface area contributed by atoms with Crippen LogP contribution in [0.5, 0.6) is 0 Å². The van der Waals surface area contributed by atoms with Crippen molar-refractivity contribution in [3.63, 3.8) is 0 Å². The number of benzene rings is 2. The molecule has 4 nitrogen and oxygen atoms in total. The number of aromatic nitrogens is 1. The Morgan fingerprint density at radius 3 is 2.54 bits per heavy atom. The number of anilines is 1. The highest BCUT2D eigenvalue weighted by molar-refractivity contribution is 7.22. The molecule has 0 aliphatic carbocycles. The quantitative estimate of drug-likeness (QED) is 0.650. The van der Waals surface area contributed by atoms with E-state index in [0.717, 1.165) is 23.7 Å². The SMILES string of the molecule is Cc1ccc2sc(N3CCN(C(=O)c4ccccc4Cl)CC3)nc2c1C. The van der Waals surface area contributed by atoms with Crippen molar-refractivity contribution in [3.05, 3.63) is 58.1 Å². The van der Waals surface area contributed by atoms with E-state index in [4.69, 9.17) is 16.6 Å². The van der Waals surface area contributed by atoms with Gasteiger partial charge in [-0.2, -0.15) is 0 Å². The van der Waals surface area contributed by atoms with Crippen LogP contribution < -0.4 is 4.90 Å². The van der Waals surface area contributed by atoms with Gasteiger partial charge in [0.05, 0.1) is 20.8 Å². The minimum atomic E-state index is 0.00557. The molecule has 26 heavy (non-hydrogen) atoms. The second-order valence-electron chi connectivity index (χ2n) is 6.61. The van der Waals surface area contributed by atoms with E-state index in [1.54, 1.807) is 23.5 Å². The first-order chi connectivity index (χ1) is 12.5. The highest BCUT2D eigenvalue weighted by Crippen LogP contribution is 2.32. The van der Waals surface area contributed by atoms with Gasteiger partial charge in [-0.15, -0.1) is 0 Å². The van der Waals surface area contributed by atoms with E-state index in [2.05, 4.69) is 30.9 Å². The average Bonchev–Trinajstić information content (AvgIpc) is 3.10. The van der Waals surface area contributed by atoms with Gasteiger partial charge < -0.3 is 9.80 Å². The molecular formula is C20H20ClN3OS. The number of piperazine rings is 1. The lowest BCUT2D eigenvalue weighted by Crippen LogP contribution is -2.48. The fourth-order valence-electron chi connectivity index (χ4n) is 3.26. The number of carbonyl (C=O) groups excluding carboxylic acids is 1. The van der Waals surface area contributed by atoms with Crippen LogP contribution in [0.2, 0.25) is 5.02 Å². The molecule has 0 unspecified atom stereocenters. The first-order valence-corrected chi connectivity index (χ1v) is 9.89. The molecule has 1 fully saturated rings. The van der Waals surface area contributed by atoms with Crippen LogP contribution in [0, 0.1) is 13.8 Å². The fraction of sp³-hybridized carbons (Fsp3) is 0.300. The summed E-state index contributed by atoms with van der Waals surface area (Å²) in [7, 11) is 0.